The lowest BCUT2D eigenvalue weighted by molar-refractivity contribution is -0.123. The smallest absolute Gasteiger partial charge is 0.220 e. The molecule has 0 radical (unpaired) electrons. The van der Waals surface area contributed by atoms with Crippen LogP contribution in [0.4, 0.5) is 0 Å². The van der Waals surface area contributed by atoms with Crippen LogP contribution in [0.2, 0.25) is 0 Å². The van der Waals surface area contributed by atoms with Gasteiger partial charge in [0, 0.05) is 18.5 Å². The maximum atomic E-state index is 12.0. The van der Waals surface area contributed by atoms with Crippen LogP contribution in [0.15, 0.2) is 0 Å². The van der Waals surface area contributed by atoms with Gasteiger partial charge in [-0.3, -0.25) is 4.79 Å². The molecule has 2 saturated carbocycles. The number of nitrogens with two attached hydrogens (primary N) is 1. The maximum Gasteiger partial charge on any atom is 0.220 e. The molecular formula is C15H29ClN2O. The van der Waals surface area contributed by atoms with Crippen LogP contribution in [0.1, 0.15) is 64.7 Å². The molecule has 2 aliphatic rings. The Labute approximate surface area is 123 Å². The van der Waals surface area contributed by atoms with Crippen molar-refractivity contribution in [2.24, 2.45) is 17.6 Å². The molecule has 3 N–H and O–H groups in total. The molecule has 4 heteroatoms. The minimum atomic E-state index is 0. The highest BCUT2D eigenvalue weighted by atomic mass is 35.5. The van der Waals surface area contributed by atoms with Gasteiger partial charge < -0.3 is 11.1 Å². The van der Waals surface area contributed by atoms with Crippen LogP contribution in [0, 0.1) is 11.8 Å². The van der Waals surface area contributed by atoms with Crippen molar-refractivity contribution in [1.82, 2.24) is 5.32 Å². The minimum absolute atomic E-state index is 0. The van der Waals surface area contributed by atoms with Crippen LogP contribution in [0.25, 0.3) is 0 Å². The molecule has 0 saturated heterocycles. The summed E-state index contributed by atoms with van der Waals surface area (Å²) in [5, 5.41) is 3.20. The van der Waals surface area contributed by atoms with Gasteiger partial charge in [0.1, 0.15) is 0 Å². The van der Waals surface area contributed by atoms with E-state index < -0.39 is 0 Å². The van der Waals surface area contributed by atoms with Gasteiger partial charge in [-0.05, 0) is 44.4 Å². The minimum Gasteiger partial charge on any atom is -0.353 e. The number of nitrogens with one attached hydrogen (secondary N) is 1. The molecule has 1 amide bonds. The van der Waals surface area contributed by atoms with Crippen molar-refractivity contribution in [3.8, 4) is 0 Å². The summed E-state index contributed by atoms with van der Waals surface area (Å²) in [7, 11) is 0. The average Bonchev–Trinajstić information content (AvgIpc) is 2.76. The third-order valence-corrected chi connectivity index (χ3v) is 4.91. The van der Waals surface area contributed by atoms with E-state index >= 15 is 0 Å². The molecule has 2 aliphatic carbocycles. The summed E-state index contributed by atoms with van der Waals surface area (Å²) in [6, 6.07) is 0.594. The summed E-state index contributed by atoms with van der Waals surface area (Å²) in [5.74, 6) is 1.33. The number of amides is 1. The monoisotopic (exact) mass is 288 g/mol. The Morgan fingerprint density at radius 1 is 1.16 bits per heavy atom. The van der Waals surface area contributed by atoms with Gasteiger partial charge in [-0.25, -0.2) is 0 Å². The Bertz CT molecular complexity index is 279. The van der Waals surface area contributed by atoms with Crippen LogP contribution in [-0.2, 0) is 4.79 Å². The molecule has 0 bridgehead atoms. The Hall–Kier alpha value is -0.280. The zero-order valence-electron chi connectivity index (χ0n) is 12.1. The summed E-state index contributed by atoms with van der Waals surface area (Å²) < 4.78 is 0. The fourth-order valence-corrected chi connectivity index (χ4v) is 3.62. The summed E-state index contributed by atoms with van der Waals surface area (Å²) in [6.07, 6.45) is 10.7. The van der Waals surface area contributed by atoms with E-state index in [1.54, 1.807) is 0 Å². The molecule has 0 aliphatic heterocycles. The highest BCUT2D eigenvalue weighted by Gasteiger charge is 2.27. The van der Waals surface area contributed by atoms with Gasteiger partial charge in [0.05, 0.1) is 0 Å². The van der Waals surface area contributed by atoms with Gasteiger partial charge in [-0.15, -0.1) is 12.4 Å². The van der Waals surface area contributed by atoms with Crippen molar-refractivity contribution in [3.63, 3.8) is 0 Å². The number of hydrogen-bond acceptors (Lipinski definition) is 2. The molecule has 112 valence electrons. The van der Waals surface area contributed by atoms with Gasteiger partial charge in [-0.2, -0.15) is 0 Å². The molecule has 3 atom stereocenters. The predicted molar refractivity (Wildman–Crippen MR) is 81.4 cm³/mol. The number of rotatable bonds is 4. The topological polar surface area (TPSA) is 55.1 Å². The molecule has 0 heterocycles. The molecule has 2 fully saturated rings. The Morgan fingerprint density at radius 3 is 2.42 bits per heavy atom. The average molecular weight is 289 g/mol. The normalized spacial score (nSPS) is 29.6. The number of hydrogen-bond donors (Lipinski definition) is 2. The molecular weight excluding hydrogens is 260 g/mol. The van der Waals surface area contributed by atoms with Crippen molar-refractivity contribution < 1.29 is 4.79 Å². The molecule has 2 rings (SSSR count). The fraction of sp³-hybridized carbons (Fsp3) is 0.933. The lowest BCUT2D eigenvalue weighted by atomic mass is 9.84. The predicted octanol–water partition coefficient (Wildman–Crippen LogP) is 3.01. The zero-order chi connectivity index (χ0) is 13.0. The summed E-state index contributed by atoms with van der Waals surface area (Å²) in [5.41, 5.74) is 6.02. The van der Waals surface area contributed by atoms with Gasteiger partial charge in [-0.1, -0.05) is 25.7 Å². The summed E-state index contributed by atoms with van der Waals surface area (Å²) in [4.78, 5) is 12.0. The number of carbonyl (C=O) groups excluding carboxylic acids is 1. The third kappa shape index (κ3) is 4.96. The van der Waals surface area contributed by atoms with Crippen molar-refractivity contribution in [3.05, 3.63) is 0 Å². The Morgan fingerprint density at radius 2 is 1.84 bits per heavy atom. The number of halogens is 1. The zero-order valence-corrected chi connectivity index (χ0v) is 12.9. The van der Waals surface area contributed by atoms with E-state index in [0.717, 1.165) is 12.8 Å². The lowest BCUT2D eigenvalue weighted by Crippen LogP contribution is -2.40. The van der Waals surface area contributed by atoms with E-state index in [-0.39, 0.29) is 24.4 Å². The van der Waals surface area contributed by atoms with E-state index in [1.165, 1.54) is 38.5 Å². The van der Waals surface area contributed by atoms with Crippen LogP contribution in [0.3, 0.4) is 0 Å². The van der Waals surface area contributed by atoms with Gasteiger partial charge in [0.2, 0.25) is 5.91 Å². The Kier molecular flexibility index (Phi) is 7.16. The Balaban J connectivity index is 0.00000180. The fourth-order valence-electron chi connectivity index (χ4n) is 3.62. The summed E-state index contributed by atoms with van der Waals surface area (Å²) in [6.45, 7) is 2.17. The van der Waals surface area contributed by atoms with E-state index in [9.17, 15) is 4.79 Å². The SMILES string of the molecule is CC(NC(=O)C[C@@H]1CCC[C@H]1N)C1CCCCC1.Cl. The number of carbonyl (C=O) groups is 1. The maximum absolute atomic E-state index is 12.0. The lowest BCUT2D eigenvalue weighted by Gasteiger charge is -2.28. The van der Waals surface area contributed by atoms with Crippen molar-refractivity contribution in [2.75, 3.05) is 0 Å². The second kappa shape index (κ2) is 8.11. The first kappa shape index (κ1) is 16.8. The molecule has 0 aromatic carbocycles. The second-order valence-corrected chi connectivity index (χ2v) is 6.31. The van der Waals surface area contributed by atoms with Gasteiger partial charge >= 0.3 is 0 Å². The van der Waals surface area contributed by atoms with Gasteiger partial charge in [0.25, 0.3) is 0 Å². The van der Waals surface area contributed by atoms with Crippen molar-refractivity contribution in [1.29, 1.82) is 0 Å². The van der Waals surface area contributed by atoms with E-state index in [4.69, 9.17) is 5.73 Å². The first-order valence-electron chi connectivity index (χ1n) is 7.71. The van der Waals surface area contributed by atoms with Crippen LogP contribution in [-0.4, -0.2) is 18.0 Å². The highest BCUT2D eigenvalue weighted by molar-refractivity contribution is 5.85. The molecule has 0 spiro atoms. The second-order valence-electron chi connectivity index (χ2n) is 6.31. The molecule has 0 aromatic heterocycles. The molecule has 3 nitrogen and oxygen atoms in total. The molecule has 0 aromatic rings. The quantitative estimate of drug-likeness (QED) is 0.835. The van der Waals surface area contributed by atoms with Crippen molar-refractivity contribution >= 4 is 18.3 Å². The summed E-state index contributed by atoms with van der Waals surface area (Å²) >= 11 is 0. The van der Waals surface area contributed by atoms with Crippen LogP contribution in [0.5, 0.6) is 0 Å². The first-order valence-corrected chi connectivity index (χ1v) is 7.71. The first-order chi connectivity index (χ1) is 8.66. The third-order valence-electron chi connectivity index (χ3n) is 4.91. The van der Waals surface area contributed by atoms with Crippen LogP contribution >= 0.6 is 12.4 Å². The van der Waals surface area contributed by atoms with Crippen LogP contribution < -0.4 is 11.1 Å². The van der Waals surface area contributed by atoms with E-state index in [1.807, 2.05) is 0 Å². The molecule has 1 unspecified atom stereocenters. The highest BCUT2D eigenvalue weighted by Crippen LogP contribution is 2.28. The van der Waals surface area contributed by atoms with Gasteiger partial charge in [0.15, 0.2) is 0 Å². The largest absolute Gasteiger partial charge is 0.353 e. The standard InChI is InChI=1S/C15H28N2O.ClH/c1-11(12-6-3-2-4-7-12)17-15(18)10-13-8-5-9-14(13)16;/h11-14H,2-10,16H2,1H3,(H,17,18);1H/t11?,13-,14+;/m0./s1. The van der Waals surface area contributed by atoms with E-state index in [0.29, 0.717) is 24.3 Å². The molecule has 19 heavy (non-hydrogen) atoms. The van der Waals surface area contributed by atoms with Crippen molar-refractivity contribution in [2.45, 2.75) is 76.8 Å². The van der Waals surface area contributed by atoms with E-state index in [2.05, 4.69) is 12.2 Å².